The molecule has 5 nitrogen and oxygen atoms in total. The van der Waals surface area contributed by atoms with E-state index in [1.54, 1.807) is 0 Å². The van der Waals surface area contributed by atoms with Gasteiger partial charge < -0.3 is 11.1 Å². The van der Waals surface area contributed by atoms with E-state index in [0.717, 1.165) is 12.2 Å². The molecule has 0 aliphatic rings. The fraction of sp³-hybridized carbons (Fsp3) is 0.625. The number of nitrogen functional groups attached to an aromatic ring is 1. The van der Waals surface area contributed by atoms with E-state index < -0.39 is 0 Å². The lowest BCUT2D eigenvalue weighted by Crippen LogP contribution is -2.15. The Balaban J connectivity index is 2.88. The first-order valence-corrected chi connectivity index (χ1v) is 4.38. The average molecular weight is 181 g/mol. The van der Waals surface area contributed by atoms with Crippen LogP contribution in [0, 0.1) is 0 Å². The van der Waals surface area contributed by atoms with E-state index in [9.17, 15) is 0 Å². The van der Waals surface area contributed by atoms with Gasteiger partial charge in [0.25, 0.3) is 0 Å². The molecule has 0 spiro atoms. The summed E-state index contributed by atoms with van der Waals surface area (Å²) in [6.07, 6.45) is 0.763. The first-order chi connectivity index (χ1) is 6.11. The van der Waals surface area contributed by atoms with Gasteiger partial charge >= 0.3 is 0 Å². The van der Waals surface area contributed by atoms with Crippen LogP contribution in [0.25, 0.3) is 0 Å². The molecule has 0 fully saturated rings. The summed E-state index contributed by atoms with van der Waals surface area (Å²) in [6, 6.07) is 0.298. The van der Waals surface area contributed by atoms with Gasteiger partial charge in [0.15, 0.2) is 0 Å². The molecule has 0 saturated carbocycles. The molecule has 1 aromatic heterocycles. The molecule has 0 bridgehead atoms. The molecule has 3 N–H and O–H groups in total. The van der Waals surface area contributed by atoms with Crippen LogP contribution < -0.4 is 11.1 Å². The second kappa shape index (κ2) is 4.02. The topological polar surface area (TPSA) is 76.7 Å². The van der Waals surface area contributed by atoms with Crippen LogP contribution in [0.2, 0.25) is 0 Å². The lowest BCUT2D eigenvalue weighted by molar-refractivity contribution is 0.844. The monoisotopic (exact) mass is 181 g/mol. The van der Waals surface area contributed by atoms with Crippen LogP contribution in [-0.2, 0) is 6.42 Å². The molecule has 1 rings (SSSR count). The zero-order valence-corrected chi connectivity index (χ0v) is 8.20. The Kier molecular flexibility index (Phi) is 3.00. The zero-order chi connectivity index (χ0) is 9.84. The molecule has 1 heterocycles. The van der Waals surface area contributed by atoms with Crippen molar-refractivity contribution in [3.63, 3.8) is 0 Å². The summed E-state index contributed by atoms with van der Waals surface area (Å²) >= 11 is 0. The summed E-state index contributed by atoms with van der Waals surface area (Å²) in [4.78, 5) is 12.1. The van der Waals surface area contributed by atoms with Crippen molar-refractivity contribution in [1.29, 1.82) is 0 Å². The minimum Gasteiger partial charge on any atom is -0.368 e. The van der Waals surface area contributed by atoms with Crippen molar-refractivity contribution in [2.45, 2.75) is 33.2 Å². The molecule has 13 heavy (non-hydrogen) atoms. The normalized spacial score (nSPS) is 10.5. The maximum Gasteiger partial charge on any atom is 0.227 e. The molecule has 5 heteroatoms. The second-order valence-electron chi connectivity index (χ2n) is 3.09. The molecule has 72 valence electrons. The highest BCUT2D eigenvalue weighted by molar-refractivity contribution is 5.31. The predicted octanol–water partition coefficient (Wildman–Crippen LogP) is 0.837. The molecular formula is C8H15N5. The van der Waals surface area contributed by atoms with Crippen LogP contribution in [0.15, 0.2) is 0 Å². The van der Waals surface area contributed by atoms with Gasteiger partial charge in [-0.15, -0.1) is 0 Å². The smallest absolute Gasteiger partial charge is 0.227 e. The Morgan fingerprint density at radius 1 is 1.31 bits per heavy atom. The molecule has 0 unspecified atom stereocenters. The number of anilines is 2. The van der Waals surface area contributed by atoms with Gasteiger partial charge in [0.1, 0.15) is 5.82 Å². The standard InChI is InChI=1S/C8H15N5/c1-4-6-11-7(9)13-8(12-6)10-5(2)3/h5H,4H2,1-3H3,(H3,9,10,11,12,13). The molecule has 0 saturated heterocycles. The molecule has 0 aliphatic carbocycles. The summed E-state index contributed by atoms with van der Waals surface area (Å²) in [5, 5.41) is 3.08. The van der Waals surface area contributed by atoms with Crippen molar-refractivity contribution in [3.8, 4) is 0 Å². The number of aromatic nitrogens is 3. The SMILES string of the molecule is CCc1nc(N)nc(NC(C)C)n1. The molecule has 0 radical (unpaired) electrons. The summed E-state index contributed by atoms with van der Waals surface area (Å²) < 4.78 is 0. The summed E-state index contributed by atoms with van der Waals surface area (Å²) in [5.41, 5.74) is 5.51. The Bertz CT molecular complexity index is 284. The highest BCUT2D eigenvalue weighted by Gasteiger charge is 2.03. The van der Waals surface area contributed by atoms with E-state index in [4.69, 9.17) is 5.73 Å². The number of nitrogens with one attached hydrogen (secondary N) is 1. The summed E-state index contributed by atoms with van der Waals surface area (Å²) in [5.74, 6) is 1.55. The largest absolute Gasteiger partial charge is 0.368 e. The zero-order valence-electron chi connectivity index (χ0n) is 8.20. The third-order valence-electron chi connectivity index (χ3n) is 1.43. The highest BCUT2D eigenvalue weighted by atomic mass is 15.2. The van der Waals surface area contributed by atoms with Gasteiger partial charge in [0.2, 0.25) is 11.9 Å². The first kappa shape index (κ1) is 9.70. The van der Waals surface area contributed by atoms with Gasteiger partial charge in [-0.3, -0.25) is 0 Å². The molecule has 0 amide bonds. The first-order valence-electron chi connectivity index (χ1n) is 4.38. The Hall–Kier alpha value is -1.39. The van der Waals surface area contributed by atoms with Crippen LogP contribution in [0.1, 0.15) is 26.6 Å². The quantitative estimate of drug-likeness (QED) is 0.722. The Morgan fingerprint density at radius 3 is 2.54 bits per heavy atom. The van der Waals surface area contributed by atoms with Crippen LogP contribution in [0.4, 0.5) is 11.9 Å². The van der Waals surface area contributed by atoms with Crippen LogP contribution in [-0.4, -0.2) is 21.0 Å². The van der Waals surface area contributed by atoms with E-state index in [-0.39, 0.29) is 5.95 Å². The van der Waals surface area contributed by atoms with Crippen LogP contribution in [0.3, 0.4) is 0 Å². The number of hydrogen-bond acceptors (Lipinski definition) is 5. The van der Waals surface area contributed by atoms with Crippen molar-refractivity contribution >= 4 is 11.9 Å². The predicted molar refractivity (Wildman–Crippen MR) is 52.4 cm³/mol. The fourth-order valence-corrected chi connectivity index (χ4v) is 0.919. The fourth-order valence-electron chi connectivity index (χ4n) is 0.919. The third-order valence-corrected chi connectivity index (χ3v) is 1.43. The van der Waals surface area contributed by atoms with Gasteiger partial charge in [-0.2, -0.15) is 15.0 Å². The van der Waals surface area contributed by atoms with Gasteiger partial charge in [0, 0.05) is 12.5 Å². The van der Waals surface area contributed by atoms with Gasteiger partial charge in [-0.25, -0.2) is 0 Å². The van der Waals surface area contributed by atoms with Crippen molar-refractivity contribution < 1.29 is 0 Å². The van der Waals surface area contributed by atoms with E-state index in [1.807, 2.05) is 20.8 Å². The molecule has 1 aromatic rings. The third kappa shape index (κ3) is 2.85. The lowest BCUT2D eigenvalue weighted by Gasteiger charge is -2.08. The molecule has 0 atom stereocenters. The number of hydrogen-bond donors (Lipinski definition) is 2. The minimum atomic E-state index is 0.273. The maximum absolute atomic E-state index is 5.51. The highest BCUT2D eigenvalue weighted by Crippen LogP contribution is 2.04. The number of aryl methyl sites for hydroxylation is 1. The average Bonchev–Trinajstić information content (AvgIpc) is 2.01. The van der Waals surface area contributed by atoms with Crippen molar-refractivity contribution in [3.05, 3.63) is 5.82 Å². The minimum absolute atomic E-state index is 0.273. The molecular weight excluding hydrogens is 166 g/mol. The summed E-state index contributed by atoms with van der Waals surface area (Å²) in [7, 11) is 0. The van der Waals surface area contributed by atoms with Crippen molar-refractivity contribution in [2.24, 2.45) is 0 Å². The van der Waals surface area contributed by atoms with E-state index in [2.05, 4.69) is 20.3 Å². The molecule has 0 aliphatic heterocycles. The lowest BCUT2D eigenvalue weighted by atomic mass is 10.4. The maximum atomic E-state index is 5.51. The van der Waals surface area contributed by atoms with E-state index >= 15 is 0 Å². The second-order valence-corrected chi connectivity index (χ2v) is 3.09. The van der Waals surface area contributed by atoms with Crippen molar-refractivity contribution in [2.75, 3.05) is 11.1 Å². The molecule has 0 aromatic carbocycles. The number of nitrogens with two attached hydrogens (primary N) is 1. The van der Waals surface area contributed by atoms with Crippen LogP contribution >= 0.6 is 0 Å². The Labute approximate surface area is 77.8 Å². The number of rotatable bonds is 3. The van der Waals surface area contributed by atoms with Crippen molar-refractivity contribution in [1.82, 2.24) is 15.0 Å². The van der Waals surface area contributed by atoms with E-state index in [1.165, 1.54) is 0 Å². The summed E-state index contributed by atoms with van der Waals surface area (Å²) in [6.45, 7) is 6.02. The van der Waals surface area contributed by atoms with Gasteiger partial charge in [-0.1, -0.05) is 6.92 Å². The van der Waals surface area contributed by atoms with Crippen LogP contribution in [0.5, 0.6) is 0 Å². The van der Waals surface area contributed by atoms with E-state index in [0.29, 0.717) is 12.0 Å². The van der Waals surface area contributed by atoms with Gasteiger partial charge in [-0.05, 0) is 13.8 Å². The Morgan fingerprint density at radius 2 is 2.00 bits per heavy atom. The van der Waals surface area contributed by atoms with Gasteiger partial charge in [0.05, 0.1) is 0 Å². The number of nitrogens with zero attached hydrogens (tertiary/aromatic N) is 3.